The molecule has 0 radical (unpaired) electrons. The number of hydrogen-bond donors (Lipinski definition) is 1. The molecule has 1 N–H and O–H groups in total. The first-order valence-electron chi connectivity index (χ1n) is 8.80. The molecule has 6 nitrogen and oxygen atoms in total. The maximum Gasteiger partial charge on any atom is 0.344 e. The number of benzene rings is 1. The number of carbonyl (C=O) groups is 1. The van der Waals surface area contributed by atoms with Gasteiger partial charge in [-0.15, -0.1) is 5.10 Å². The number of carbonyl (C=O) groups excluding carboxylic acids is 1. The van der Waals surface area contributed by atoms with Crippen LogP contribution in [0.15, 0.2) is 40.3 Å². The summed E-state index contributed by atoms with van der Waals surface area (Å²) in [5.41, 5.74) is 0.778. The van der Waals surface area contributed by atoms with Crippen molar-refractivity contribution in [2.24, 2.45) is 0 Å². The van der Waals surface area contributed by atoms with Gasteiger partial charge in [0.05, 0.1) is 11.8 Å². The summed E-state index contributed by atoms with van der Waals surface area (Å²) in [7, 11) is 0. The molecule has 3 rings (SSSR count). The standard InChI is InChI=1S/C18H24N4O2S/c1-14(16(23)21-11-7-2-3-8-12-21)25-18-20-19-17(24)22(18)13-15-9-5-4-6-10-15/h4-6,9-10,14H,2-3,7-8,11-13H2,1H3,(H,19,24)/t14-/m0/s1. The molecule has 25 heavy (non-hydrogen) atoms. The van der Waals surface area contributed by atoms with Gasteiger partial charge in [0.25, 0.3) is 0 Å². The van der Waals surface area contributed by atoms with E-state index in [1.807, 2.05) is 42.2 Å². The Balaban J connectivity index is 1.70. The Morgan fingerprint density at radius 3 is 2.56 bits per heavy atom. The Labute approximate surface area is 151 Å². The average Bonchev–Trinajstić information content (AvgIpc) is 2.84. The van der Waals surface area contributed by atoms with Crippen LogP contribution in [0.5, 0.6) is 0 Å². The van der Waals surface area contributed by atoms with Crippen molar-refractivity contribution < 1.29 is 4.79 Å². The summed E-state index contributed by atoms with van der Waals surface area (Å²) in [5.74, 6) is 0.133. The number of amides is 1. The second-order valence-electron chi connectivity index (χ2n) is 6.38. The molecule has 2 aromatic rings. The van der Waals surface area contributed by atoms with Crippen LogP contribution in [0.2, 0.25) is 0 Å². The van der Waals surface area contributed by atoms with Crippen molar-refractivity contribution in [3.05, 3.63) is 46.4 Å². The van der Waals surface area contributed by atoms with Crippen LogP contribution in [-0.4, -0.2) is 43.9 Å². The molecule has 0 unspecified atom stereocenters. The highest BCUT2D eigenvalue weighted by Gasteiger charge is 2.24. The minimum atomic E-state index is -0.261. The van der Waals surface area contributed by atoms with Gasteiger partial charge in [0.15, 0.2) is 5.16 Å². The number of aromatic amines is 1. The van der Waals surface area contributed by atoms with Gasteiger partial charge in [0.1, 0.15) is 0 Å². The second-order valence-corrected chi connectivity index (χ2v) is 7.69. The third kappa shape index (κ3) is 4.54. The van der Waals surface area contributed by atoms with Crippen LogP contribution in [0.4, 0.5) is 0 Å². The van der Waals surface area contributed by atoms with Gasteiger partial charge in [-0.3, -0.25) is 9.36 Å². The zero-order valence-corrected chi connectivity index (χ0v) is 15.3. The maximum absolute atomic E-state index is 12.7. The van der Waals surface area contributed by atoms with E-state index in [9.17, 15) is 9.59 Å². The Morgan fingerprint density at radius 1 is 1.20 bits per heavy atom. The summed E-state index contributed by atoms with van der Waals surface area (Å²) < 4.78 is 1.59. The maximum atomic E-state index is 12.7. The van der Waals surface area contributed by atoms with Crippen LogP contribution in [-0.2, 0) is 11.3 Å². The molecular weight excluding hydrogens is 336 g/mol. The van der Waals surface area contributed by atoms with Crippen molar-refractivity contribution >= 4 is 17.7 Å². The van der Waals surface area contributed by atoms with Gasteiger partial charge in [-0.05, 0) is 25.3 Å². The molecular formula is C18H24N4O2S. The van der Waals surface area contributed by atoms with Gasteiger partial charge >= 0.3 is 5.69 Å². The first-order chi connectivity index (χ1) is 12.1. The van der Waals surface area contributed by atoms with Crippen molar-refractivity contribution in [1.29, 1.82) is 0 Å². The molecule has 1 atom stereocenters. The molecule has 0 saturated carbocycles. The Kier molecular flexibility index (Phi) is 5.96. The summed E-state index contributed by atoms with van der Waals surface area (Å²) in [4.78, 5) is 26.7. The highest BCUT2D eigenvalue weighted by molar-refractivity contribution is 8.00. The number of nitrogens with zero attached hydrogens (tertiary/aromatic N) is 3. The van der Waals surface area contributed by atoms with Crippen LogP contribution < -0.4 is 5.69 Å². The van der Waals surface area contributed by atoms with Crippen LogP contribution in [0, 0.1) is 0 Å². The zero-order valence-electron chi connectivity index (χ0n) is 14.5. The highest BCUT2D eigenvalue weighted by atomic mass is 32.2. The molecule has 1 amide bonds. The Hall–Kier alpha value is -2.02. The zero-order chi connectivity index (χ0) is 17.6. The van der Waals surface area contributed by atoms with Crippen molar-refractivity contribution in [3.63, 3.8) is 0 Å². The molecule has 7 heteroatoms. The van der Waals surface area contributed by atoms with Gasteiger partial charge in [-0.1, -0.05) is 54.9 Å². The van der Waals surface area contributed by atoms with E-state index in [2.05, 4.69) is 10.2 Å². The molecule has 1 aliphatic rings. The van der Waals surface area contributed by atoms with E-state index >= 15 is 0 Å². The van der Waals surface area contributed by atoms with E-state index < -0.39 is 0 Å². The molecule has 0 aliphatic carbocycles. The summed E-state index contributed by atoms with van der Waals surface area (Å²) in [6.07, 6.45) is 4.54. The molecule has 1 saturated heterocycles. The SMILES string of the molecule is C[C@H](Sc1n[nH]c(=O)n1Cc1ccccc1)C(=O)N1CCCCCC1. The molecule has 1 aromatic heterocycles. The van der Waals surface area contributed by atoms with Gasteiger partial charge in [-0.2, -0.15) is 0 Å². The number of likely N-dealkylation sites (tertiary alicyclic amines) is 1. The molecule has 1 aromatic carbocycles. The fourth-order valence-electron chi connectivity index (χ4n) is 3.06. The van der Waals surface area contributed by atoms with Crippen LogP contribution in [0.3, 0.4) is 0 Å². The lowest BCUT2D eigenvalue weighted by Gasteiger charge is -2.23. The number of hydrogen-bond acceptors (Lipinski definition) is 4. The quantitative estimate of drug-likeness (QED) is 0.832. The van der Waals surface area contributed by atoms with E-state index in [0.29, 0.717) is 11.7 Å². The lowest BCUT2D eigenvalue weighted by molar-refractivity contribution is -0.130. The molecule has 1 fully saturated rings. The predicted octanol–water partition coefficient (Wildman–Crippen LogP) is 2.50. The molecule has 134 valence electrons. The molecule has 0 spiro atoms. The minimum Gasteiger partial charge on any atom is -0.342 e. The van der Waals surface area contributed by atoms with Crippen LogP contribution in [0.25, 0.3) is 0 Å². The van der Waals surface area contributed by atoms with Crippen molar-refractivity contribution in [2.75, 3.05) is 13.1 Å². The summed E-state index contributed by atoms with van der Waals surface area (Å²) in [6, 6.07) is 9.77. The van der Waals surface area contributed by atoms with Gasteiger partial charge < -0.3 is 4.90 Å². The predicted molar refractivity (Wildman–Crippen MR) is 98.8 cm³/mol. The number of thioether (sulfide) groups is 1. The fraction of sp³-hybridized carbons (Fsp3) is 0.500. The number of aromatic nitrogens is 3. The normalized spacial score (nSPS) is 16.4. The summed E-state index contributed by atoms with van der Waals surface area (Å²) >= 11 is 1.35. The first kappa shape index (κ1) is 17.8. The molecule has 2 heterocycles. The fourth-order valence-corrected chi connectivity index (χ4v) is 3.99. The number of rotatable bonds is 5. The minimum absolute atomic E-state index is 0.133. The van der Waals surface area contributed by atoms with Gasteiger partial charge in [0, 0.05) is 13.1 Å². The second kappa shape index (κ2) is 8.38. The number of H-pyrrole nitrogens is 1. The smallest absolute Gasteiger partial charge is 0.342 e. The Bertz CT molecular complexity index is 748. The largest absolute Gasteiger partial charge is 0.344 e. The lowest BCUT2D eigenvalue weighted by Crippen LogP contribution is -2.37. The van der Waals surface area contributed by atoms with Crippen molar-refractivity contribution in [2.45, 2.75) is 49.6 Å². The van der Waals surface area contributed by atoms with Gasteiger partial charge in [0.2, 0.25) is 5.91 Å². The molecule has 0 bridgehead atoms. The third-order valence-corrected chi connectivity index (χ3v) is 5.53. The van der Waals surface area contributed by atoms with E-state index in [0.717, 1.165) is 31.5 Å². The highest BCUT2D eigenvalue weighted by Crippen LogP contribution is 2.23. The van der Waals surface area contributed by atoms with Crippen molar-refractivity contribution in [3.8, 4) is 0 Å². The van der Waals surface area contributed by atoms with E-state index in [1.165, 1.54) is 24.6 Å². The first-order valence-corrected chi connectivity index (χ1v) is 9.67. The van der Waals surface area contributed by atoms with Crippen molar-refractivity contribution in [1.82, 2.24) is 19.7 Å². The average molecular weight is 360 g/mol. The lowest BCUT2D eigenvalue weighted by atomic mass is 10.2. The van der Waals surface area contributed by atoms with E-state index in [-0.39, 0.29) is 16.8 Å². The van der Waals surface area contributed by atoms with Crippen LogP contribution in [0.1, 0.15) is 38.2 Å². The van der Waals surface area contributed by atoms with E-state index in [4.69, 9.17) is 0 Å². The number of nitrogens with one attached hydrogen (secondary N) is 1. The van der Waals surface area contributed by atoms with Crippen LogP contribution >= 0.6 is 11.8 Å². The van der Waals surface area contributed by atoms with E-state index in [1.54, 1.807) is 4.57 Å². The Morgan fingerprint density at radius 2 is 1.88 bits per heavy atom. The van der Waals surface area contributed by atoms with Gasteiger partial charge in [-0.25, -0.2) is 9.89 Å². The monoisotopic (exact) mass is 360 g/mol. The summed E-state index contributed by atoms with van der Waals surface area (Å²) in [6.45, 7) is 4.01. The molecule has 1 aliphatic heterocycles. The summed E-state index contributed by atoms with van der Waals surface area (Å²) in [5, 5.41) is 6.92. The topological polar surface area (TPSA) is 71.0 Å². The third-order valence-electron chi connectivity index (χ3n) is 4.45.